The van der Waals surface area contributed by atoms with Crippen LogP contribution in [-0.2, 0) is 6.54 Å². The van der Waals surface area contributed by atoms with E-state index in [4.69, 9.17) is 11.6 Å². The number of aromatic nitrogens is 2. The van der Waals surface area contributed by atoms with Gasteiger partial charge in [0.25, 0.3) is 5.91 Å². The zero-order chi connectivity index (χ0) is 20.1. The van der Waals surface area contributed by atoms with Crippen molar-refractivity contribution in [2.24, 2.45) is 0 Å². The summed E-state index contributed by atoms with van der Waals surface area (Å²) in [5, 5.41) is 12.2. The van der Waals surface area contributed by atoms with E-state index in [2.05, 4.69) is 32.5 Å². The second-order valence-electron chi connectivity index (χ2n) is 6.86. The zero-order valence-electron chi connectivity index (χ0n) is 15.8. The first-order valence-electron chi connectivity index (χ1n) is 9.57. The first-order chi connectivity index (χ1) is 14.2. The lowest BCUT2D eigenvalue weighted by Crippen LogP contribution is -2.22. The molecule has 0 bridgehead atoms. The molecule has 4 rings (SSSR count). The van der Waals surface area contributed by atoms with Gasteiger partial charge in [-0.15, -0.1) is 10.2 Å². The van der Waals surface area contributed by atoms with E-state index in [9.17, 15) is 4.79 Å². The van der Waals surface area contributed by atoms with Crippen LogP contribution in [0.3, 0.4) is 0 Å². The molecule has 2 heterocycles. The van der Waals surface area contributed by atoms with Crippen molar-refractivity contribution in [1.82, 2.24) is 15.5 Å². The topological polar surface area (TPSA) is 58.1 Å². The van der Waals surface area contributed by atoms with Gasteiger partial charge in [0.15, 0.2) is 5.01 Å². The molecule has 0 saturated carbocycles. The van der Waals surface area contributed by atoms with E-state index in [0.717, 1.165) is 24.2 Å². The van der Waals surface area contributed by atoms with Gasteiger partial charge in [0.05, 0.1) is 5.03 Å². The maximum absolute atomic E-state index is 12.3. The highest BCUT2D eigenvalue weighted by atomic mass is 35.5. The Morgan fingerprint density at radius 3 is 2.45 bits per heavy atom. The van der Waals surface area contributed by atoms with E-state index in [0.29, 0.717) is 21.6 Å². The molecule has 2 aromatic carbocycles. The summed E-state index contributed by atoms with van der Waals surface area (Å²) in [6.45, 7) is 2.69. The van der Waals surface area contributed by atoms with Crippen LogP contribution in [0.15, 0.2) is 54.6 Å². The molecule has 0 unspecified atom stereocenters. The van der Waals surface area contributed by atoms with Crippen molar-refractivity contribution in [2.75, 3.05) is 18.0 Å². The van der Waals surface area contributed by atoms with E-state index >= 15 is 0 Å². The Morgan fingerprint density at radius 1 is 1.03 bits per heavy atom. The summed E-state index contributed by atoms with van der Waals surface area (Å²) in [4.78, 5) is 14.7. The number of nitrogens with zero attached hydrogens (tertiary/aromatic N) is 3. The molecule has 29 heavy (non-hydrogen) atoms. The second-order valence-corrected chi connectivity index (χ2v) is 8.24. The molecular formula is C22H21ClN4OS. The Hall–Kier alpha value is -2.70. The maximum Gasteiger partial charge on any atom is 0.282 e. The summed E-state index contributed by atoms with van der Waals surface area (Å²) in [7, 11) is 0. The number of hydrogen-bond donors (Lipinski definition) is 1. The number of halogens is 1. The third-order valence-electron chi connectivity index (χ3n) is 4.78. The van der Waals surface area contributed by atoms with Gasteiger partial charge in [-0.1, -0.05) is 65.4 Å². The lowest BCUT2D eigenvalue weighted by molar-refractivity contribution is 0.0950. The highest BCUT2D eigenvalue weighted by Crippen LogP contribution is 2.27. The smallest absolute Gasteiger partial charge is 0.282 e. The minimum atomic E-state index is -0.253. The molecule has 1 fully saturated rings. The van der Waals surface area contributed by atoms with Gasteiger partial charge >= 0.3 is 0 Å². The fraction of sp³-hybridized carbons (Fsp3) is 0.227. The number of rotatable bonds is 6. The average Bonchev–Trinajstić information content (AvgIpc) is 3.46. The van der Waals surface area contributed by atoms with Crippen LogP contribution in [0, 0.1) is 0 Å². The summed E-state index contributed by atoms with van der Waals surface area (Å²) in [6, 6.07) is 18.1. The van der Waals surface area contributed by atoms with Gasteiger partial charge in [-0.2, -0.15) is 0 Å². The number of amides is 1. The van der Waals surface area contributed by atoms with E-state index in [1.165, 1.54) is 29.9 Å². The quantitative estimate of drug-likeness (QED) is 0.617. The van der Waals surface area contributed by atoms with Crippen LogP contribution in [-0.4, -0.2) is 29.2 Å². The highest BCUT2D eigenvalue weighted by molar-refractivity contribution is 7.15. The van der Waals surface area contributed by atoms with Crippen LogP contribution < -0.4 is 10.2 Å². The monoisotopic (exact) mass is 424 g/mol. The van der Waals surface area contributed by atoms with E-state index in [-0.39, 0.29) is 5.91 Å². The molecular weight excluding hydrogens is 404 g/mol. The number of carbonyl (C=O) groups is 1. The van der Waals surface area contributed by atoms with Crippen molar-refractivity contribution in [3.63, 3.8) is 0 Å². The predicted octanol–water partition coefficient (Wildman–Crippen LogP) is 4.81. The molecule has 1 aliphatic rings. The normalized spacial score (nSPS) is 14.2. The molecule has 1 saturated heterocycles. The van der Waals surface area contributed by atoms with Gasteiger partial charge in [0, 0.05) is 25.3 Å². The van der Waals surface area contributed by atoms with Gasteiger partial charge in [-0.05, 0) is 42.2 Å². The Labute approximate surface area is 179 Å². The third-order valence-corrected chi connectivity index (χ3v) is 6.13. The van der Waals surface area contributed by atoms with Crippen LogP contribution >= 0.6 is 22.9 Å². The number of benzene rings is 2. The van der Waals surface area contributed by atoms with Crippen LogP contribution in [0.5, 0.6) is 0 Å². The highest BCUT2D eigenvalue weighted by Gasteiger charge is 2.15. The molecule has 7 heteroatoms. The average molecular weight is 425 g/mol. The fourth-order valence-electron chi connectivity index (χ4n) is 3.23. The molecule has 3 aromatic rings. The summed E-state index contributed by atoms with van der Waals surface area (Å²) in [6.07, 6.45) is 4.36. The summed E-state index contributed by atoms with van der Waals surface area (Å²) in [5.41, 5.74) is 3.26. The Bertz CT molecular complexity index is 995. The molecule has 1 aromatic heterocycles. The second kappa shape index (κ2) is 9.20. The number of nitrogens with one attached hydrogen (secondary N) is 1. The lowest BCUT2D eigenvalue weighted by atomic mass is 10.2. The van der Waals surface area contributed by atoms with Gasteiger partial charge < -0.3 is 10.2 Å². The molecule has 5 nitrogen and oxygen atoms in total. The standard InChI is InChI=1S/C22H21ClN4OS/c23-19(14-16-8-10-18(11-9-16)27-12-4-5-13-27)21-25-26-22(29-21)20(28)24-15-17-6-2-1-3-7-17/h1-3,6-11,14H,4-5,12-13,15H2,(H,24,28)/b19-14-. The van der Waals surface area contributed by atoms with Crippen LogP contribution in [0.1, 0.15) is 38.8 Å². The first-order valence-corrected chi connectivity index (χ1v) is 10.8. The maximum atomic E-state index is 12.3. The molecule has 0 radical (unpaired) electrons. The van der Waals surface area contributed by atoms with Crippen molar-refractivity contribution < 1.29 is 4.79 Å². The van der Waals surface area contributed by atoms with Gasteiger partial charge in [-0.3, -0.25) is 4.79 Å². The summed E-state index contributed by atoms with van der Waals surface area (Å²) < 4.78 is 0. The summed E-state index contributed by atoms with van der Waals surface area (Å²) >= 11 is 7.61. The van der Waals surface area contributed by atoms with Crippen molar-refractivity contribution in [1.29, 1.82) is 0 Å². The Kier molecular flexibility index (Phi) is 6.22. The molecule has 148 valence electrons. The number of anilines is 1. The molecule has 0 spiro atoms. The van der Waals surface area contributed by atoms with E-state index in [1.807, 2.05) is 48.5 Å². The number of carbonyl (C=O) groups excluding carboxylic acids is 1. The van der Waals surface area contributed by atoms with E-state index in [1.54, 1.807) is 0 Å². The molecule has 1 aliphatic heterocycles. The zero-order valence-corrected chi connectivity index (χ0v) is 17.4. The van der Waals surface area contributed by atoms with Crippen LogP contribution in [0.4, 0.5) is 5.69 Å². The molecule has 1 N–H and O–H groups in total. The minimum absolute atomic E-state index is 0.253. The first kappa shape index (κ1) is 19.6. The Morgan fingerprint density at radius 2 is 1.72 bits per heavy atom. The van der Waals surface area contributed by atoms with Gasteiger partial charge in [0.1, 0.15) is 0 Å². The van der Waals surface area contributed by atoms with Crippen molar-refractivity contribution >= 4 is 45.6 Å². The molecule has 0 aliphatic carbocycles. The van der Waals surface area contributed by atoms with Crippen molar-refractivity contribution in [3.05, 3.63) is 75.7 Å². The largest absolute Gasteiger partial charge is 0.372 e. The molecule has 0 atom stereocenters. The van der Waals surface area contributed by atoms with Crippen molar-refractivity contribution in [2.45, 2.75) is 19.4 Å². The van der Waals surface area contributed by atoms with E-state index < -0.39 is 0 Å². The van der Waals surface area contributed by atoms with Gasteiger partial charge in [0.2, 0.25) is 5.01 Å². The predicted molar refractivity (Wildman–Crippen MR) is 119 cm³/mol. The van der Waals surface area contributed by atoms with Crippen LogP contribution in [0.25, 0.3) is 11.1 Å². The summed E-state index contributed by atoms with van der Waals surface area (Å²) in [5.74, 6) is -0.253. The minimum Gasteiger partial charge on any atom is -0.372 e. The lowest BCUT2D eigenvalue weighted by Gasteiger charge is -2.17. The number of hydrogen-bond acceptors (Lipinski definition) is 5. The SMILES string of the molecule is O=C(NCc1ccccc1)c1nnc(/C(Cl)=C/c2ccc(N3CCCC3)cc2)s1. The third kappa shape index (κ3) is 5.02. The van der Waals surface area contributed by atoms with Crippen molar-refractivity contribution in [3.8, 4) is 0 Å². The van der Waals surface area contributed by atoms with Crippen LogP contribution in [0.2, 0.25) is 0 Å². The fourth-order valence-corrected chi connectivity index (χ4v) is 4.18. The Balaban J connectivity index is 1.39. The van der Waals surface area contributed by atoms with Gasteiger partial charge in [-0.25, -0.2) is 0 Å². The molecule has 1 amide bonds.